The molecule has 2 rings (SSSR count). The Kier molecular flexibility index (Phi) is 3.55. The largest absolute Gasteiger partial charge is 0.497 e. The number of benzene rings is 1. The van der Waals surface area contributed by atoms with E-state index in [9.17, 15) is 4.79 Å². The fraction of sp³-hybridized carbons (Fsp3) is 0.286. The maximum atomic E-state index is 11.4. The number of hydrogen-bond donors (Lipinski definition) is 0. The van der Waals surface area contributed by atoms with Crippen molar-refractivity contribution in [2.45, 2.75) is 6.92 Å². The standard InChI is InChI=1S/C14H16N2O3/c1-9(17)12-8-13(16(2)15-12)11-7-10(18-3)5-6-14(11)19-4/h5-8H,1-4H3. The zero-order chi connectivity index (χ0) is 14.0. The summed E-state index contributed by atoms with van der Waals surface area (Å²) in [6, 6.07) is 7.26. The van der Waals surface area contributed by atoms with Crippen LogP contribution in [0.1, 0.15) is 17.4 Å². The molecule has 5 heteroatoms. The van der Waals surface area contributed by atoms with Crippen LogP contribution in [0.2, 0.25) is 0 Å². The van der Waals surface area contributed by atoms with E-state index in [-0.39, 0.29) is 5.78 Å². The molecule has 5 nitrogen and oxygen atoms in total. The number of carbonyl (C=O) groups is 1. The molecule has 0 bridgehead atoms. The van der Waals surface area contributed by atoms with Crippen LogP contribution in [-0.2, 0) is 7.05 Å². The molecule has 0 unspecified atom stereocenters. The lowest BCUT2D eigenvalue weighted by molar-refractivity contribution is 0.101. The first-order valence-corrected chi connectivity index (χ1v) is 5.84. The molecule has 0 N–H and O–H groups in total. The Labute approximate surface area is 111 Å². The predicted molar refractivity (Wildman–Crippen MR) is 71.8 cm³/mol. The van der Waals surface area contributed by atoms with E-state index in [0.717, 1.165) is 17.0 Å². The van der Waals surface area contributed by atoms with Crippen molar-refractivity contribution in [2.75, 3.05) is 14.2 Å². The Morgan fingerprint density at radius 1 is 1.21 bits per heavy atom. The van der Waals surface area contributed by atoms with E-state index in [4.69, 9.17) is 9.47 Å². The molecule has 0 fully saturated rings. The summed E-state index contributed by atoms with van der Waals surface area (Å²) in [6.07, 6.45) is 0. The fourth-order valence-electron chi connectivity index (χ4n) is 1.91. The molecule has 0 aliphatic carbocycles. The van der Waals surface area contributed by atoms with Crippen LogP contribution in [0, 0.1) is 0 Å². The second kappa shape index (κ2) is 5.14. The first-order chi connectivity index (χ1) is 9.06. The minimum atomic E-state index is -0.0660. The molecule has 2 aromatic rings. The Hall–Kier alpha value is -2.30. The quantitative estimate of drug-likeness (QED) is 0.791. The number of nitrogens with zero attached hydrogens (tertiary/aromatic N) is 2. The fourth-order valence-corrected chi connectivity index (χ4v) is 1.91. The Bertz CT molecular complexity index is 617. The van der Waals surface area contributed by atoms with Gasteiger partial charge < -0.3 is 9.47 Å². The minimum absolute atomic E-state index is 0.0660. The van der Waals surface area contributed by atoms with Crippen LogP contribution in [0.25, 0.3) is 11.3 Å². The highest BCUT2D eigenvalue weighted by molar-refractivity contribution is 5.93. The van der Waals surface area contributed by atoms with E-state index in [2.05, 4.69) is 5.10 Å². The average molecular weight is 260 g/mol. The van der Waals surface area contributed by atoms with Gasteiger partial charge in [-0.1, -0.05) is 0 Å². The Balaban J connectivity index is 2.59. The molecule has 0 saturated heterocycles. The van der Waals surface area contributed by atoms with E-state index in [1.807, 2.05) is 18.2 Å². The van der Waals surface area contributed by atoms with Gasteiger partial charge in [0.05, 0.1) is 19.9 Å². The van der Waals surface area contributed by atoms with Crippen molar-refractivity contribution in [1.82, 2.24) is 9.78 Å². The average Bonchev–Trinajstić information content (AvgIpc) is 2.80. The molecule has 1 aromatic heterocycles. The third-order valence-electron chi connectivity index (χ3n) is 2.92. The number of Topliss-reactive ketones (excluding diaryl/α,β-unsaturated/α-hetero) is 1. The summed E-state index contributed by atoms with van der Waals surface area (Å²) in [5, 5.41) is 4.19. The second-order valence-electron chi connectivity index (χ2n) is 4.16. The molecule has 0 spiro atoms. The molecule has 100 valence electrons. The van der Waals surface area contributed by atoms with Crippen molar-refractivity contribution in [1.29, 1.82) is 0 Å². The van der Waals surface area contributed by atoms with Crippen molar-refractivity contribution < 1.29 is 14.3 Å². The Morgan fingerprint density at radius 2 is 1.95 bits per heavy atom. The van der Waals surface area contributed by atoms with Crippen LogP contribution < -0.4 is 9.47 Å². The zero-order valence-electron chi connectivity index (χ0n) is 11.4. The lowest BCUT2D eigenvalue weighted by Crippen LogP contribution is -1.98. The van der Waals surface area contributed by atoms with Crippen LogP contribution in [0.5, 0.6) is 11.5 Å². The summed E-state index contributed by atoms with van der Waals surface area (Å²) in [5.74, 6) is 1.36. The van der Waals surface area contributed by atoms with Gasteiger partial charge in [-0.2, -0.15) is 5.10 Å². The van der Waals surface area contributed by atoms with Gasteiger partial charge in [-0.15, -0.1) is 0 Å². The topological polar surface area (TPSA) is 53.4 Å². The van der Waals surface area contributed by atoms with Gasteiger partial charge >= 0.3 is 0 Å². The first-order valence-electron chi connectivity index (χ1n) is 5.84. The monoisotopic (exact) mass is 260 g/mol. The van der Waals surface area contributed by atoms with Crippen LogP contribution in [-0.4, -0.2) is 29.8 Å². The number of ether oxygens (including phenoxy) is 2. The van der Waals surface area contributed by atoms with Gasteiger partial charge in [-0.05, 0) is 24.3 Å². The molecule has 0 radical (unpaired) electrons. The van der Waals surface area contributed by atoms with Gasteiger partial charge in [0, 0.05) is 19.5 Å². The molecular weight excluding hydrogens is 244 g/mol. The lowest BCUT2D eigenvalue weighted by Gasteiger charge is -2.10. The molecule has 0 saturated carbocycles. The SMILES string of the molecule is COc1ccc(OC)c(-c2cc(C(C)=O)nn2C)c1. The molecule has 19 heavy (non-hydrogen) atoms. The summed E-state index contributed by atoms with van der Waals surface area (Å²) < 4.78 is 12.2. The number of methoxy groups -OCH3 is 2. The first kappa shape index (κ1) is 13.1. The molecule has 0 atom stereocenters. The third kappa shape index (κ3) is 2.45. The summed E-state index contributed by atoms with van der Waals surface area (Å²) >= 11 is 0. The number of aryl methyl sites for hydroxylation is 1. The van der Waals surface area contributed by atoms with Crippen LogP contribution in [0.4, 0.5) is 0 Å². The van der Waals surface area contributed by atoms with Gasteiger partial charge in [0.1, 0.15) is 17.2 Å². The minimum Gasteiger partial charge on any atom is -0.497 e. The number of carbonyl (C=O) groups excluding carboxylic acids is 1. The lowest BCUT2D eigenvalue weighted by atomic mass is 10.1. The van der Waals surface area contributed by atoms with Gasteiger partial charge in [0.25, 0.3) is 0 Å². The van der Waals surface area contributed by atoms with Crippen molar-refractivity contribution >= 4 is 5.78 Å². The predicted octanol–water partition coefficient (Wildman–Crippen LogP) is 2.31. The molecule has 0 aliphatic rings. The van der Waals surface area contributed by atoms with E-state index in [1.54, 1.807) is 32.0 Å². The third-order valence-corrected chi connectivity index (χ3v) is 2.92. The highest BCUT2D eigenvalue weighted by atomic mass is 16.5. The molecule has 1 heterocycles. The summed E-state index contributed by atoms with van der Waals surface area (Å²) in [6.45, 7) is 1.49. The molecule has 0 aliphatic heterocycles. The van der Waals surface area contributed by atoms with E-state index in [0.29, 0.717) is 11.4 Å². The normalized spacial score (nSPS) is 10.3. The van der Waals surface area contributed by atoms with Gasteiger partial charge in [0.15, 0.2) is 5.78 Å². The van der Waals surface area contributed by atoms with Crippen molar-refractivity contribution in [3.63, 3.8) is 0 Å². The molecule has 0 amide bonds. The summed E-state index contributed by atoms with van der Waals surface area (Å²) in [4.78, 5) is 11.4. The maximum absolute atomic E-state index is 11.4. The second-order valence-corrected chi connectivity index (χ2v) is 4.16. The number of ketones is 1. The summed E-state index contributed by atoms with van der Waals surface area (Å²) in [7, 11) is 5.00. The smallest absolute Gasteiger partial charge is 0.180 e. The van der Waals surface area contributed by atoms with Crippen LogP contribution in [0.15, 0.2) is 24.3 Å². The van der Waals surface area contributed by atoms with Crippen LogP contribution in [0.3, 0.4) is 0 Å². The zero-order valence-corrected chi connectivity index (χ0v) is 11.4. The van der Waals surface area contributed by atoms with Gasteiger partial charge in [-0.3, -0.25) is 9.48 Å². The number of rotatable bonds is 4. The van der Waals surface area contributed by atoms with E-state index >= 15 is 0 Å². The number of aromatic nitrogens is 2. The van der Waals surface area contributed by atoms with Crippen LogP contribution >= 0.6 is 0 Å². The molecular formula is C14H16N2O3. The van der Waals surface area contributed by atoms with Gasteiger partial charge in [-0.25, -0.2) is 0 Å². The maximum Gasteiger partial charge on any atom is 0.180 e. The van der Waals surface area contributed by atoms with Crippen molar-refractivity contribution in [3.8, 4) is 22.8 Å². The van der Waals surface area contributed by atoms with Crippen molar-refractivity contribution in [3.05, 3.63) is 30.0 Å². The van der Waals surface area contributed by atoms with Gasteiger partial charge in [0.2, 0.25) is 0 Å². The Morgan fingerprint density at radius 3 is 2.47 bits per heavy atom. The molecule has 1 aromatic carbocycles. The highest BCUT2D eigenvalue weighted by Crippen LogP contribution is 2.33. The van der Waals surface area contributed by atoms with Crippen molar-refractivity contribution in [2.24, 2.45) is 7.05 Å². The number of hydrogen-bond acceptors (Lipinski definition) is 4. The summed E-state index contributed by atoms with van der Waals surface area (Å²) in [5.41, 5.74) is 2.08. The highest BCUT2D eigenvalue weighted by Gasteiger charge is 2.15. The van der Waals surface area contributed by atoms with E-state index < -0.39 is 0 Å². The van der Waals surface area contributed by atoms with E-state index in [1.165, 1.54) is 6.92 Å².